The molecule has 0 radical (unpaired) electrons. The second kappa shape index (κ2) is 65.5. The van der Waals surface area contributed by atoms with Crippen molar-refractivity contribution >= 4 is 22.7 Å². The monoisotopic (exact) mass is 1150 g/mol. The zero-order valence-electron chi connectivity index (χ0n) is 47.9. The molecule has 0 saturated heterocycles. The second-order valence-corrected chi connectivity index (χ2v) is 14.3. The van der Waals surface area contributed by atoms with Gasteiger partial charge in [0.15, 0.2) is 10.9 Å². The van der Waals surface area contributed by atoms with Crippen LogP contribution in [0.15, 0.2) is 24.3 Å². The van der Waals surface area contributed by atoms with Gasteiger partial charge in [0, 0.05) is 344 Å². The number of terminal acetylenes is 1. The van der Waals surface area contributed by atoms with E-state index in [2.05, 4.69) is 426 Å². The van der Waals surface area contributed by atoms with Gasteiger partial charge in [-0.2, -0.15) is 0 Å². The van der Waals surface area contributed by atoms with E-state index in [1.807, 2.05) is 31.3 Å². The molecule has 0 atom stereocenters. The molecular formula is C87H23NO2S. The van der Waals surface area contributed by atoms with Crippen LogP contribution in [-0.4, -0.2) is 24.5 Å². The summed E-state index contributed by atoms with van der Waals surface area (Å²) in [6.45, 7) is 4.10. The maximum Gasteiger partial charge on any atom is 0.186 e. The normalized spacial score (nSPS) is 5.21. The summed E-state index contributed by atoms with van der Waals surface area (Å²) in [7, 11) is 1.88. The number of hydrogen-bond donors (Lipinski definition) is 1. The maximum atomic E-state index is 11.8. The van der Waals surface area contributed by atoms with Gasteiger partial charge in [-0.1, -0.05) is 41.9 Å². The van der Waals surface area contributed by atoms with Gasteiger partial charge in [-0.05, 0) is 127 Å². The first kappa shape index (κ1) is 74.0. The summed E-state index contributed by atoms with van der Waals surface area (Å²) < 4.78 is 0. The van der Waals surface area contributed by atoms with Crippen LogP contribution in [0.4, 0.5) is 0 Å². The van der Waals surface area contributed by atoms with E-state index in [4.69, 9.17) is 6.42 Å². The van der Waals surface area contributed by atoms with Gasteiger partial charge in [-0.25, -0.2) is 0 Å². The molecule has 0 heterocycles. The number of rotatable bonds is 7. The van der Waals surface area contributed by atoms with Crippen molar-refractivity contribution in [1.82, 2.24) is 5.32 Å². The summed E-state index contributed by atoms with van der Waals surface area (Å²) >= 11 is 1.28. The van der Waals surface area contributed by atoms with E-state index in [0.717, 1.165) is 24.1 Å². The zero-order valence-corrected chi connectivity index (χ0v) is 48.8. The third kappa shape index (κ3) is 62.1. The minimum atomic E-state index is 0.113. The third-order valence-electron chi connectivity index (χ3n) is 7.00. The summed E-state index contributed by atoms with van der Waals surface area (Å²) in [6.07, 6.45) is 6.38. The molecule has 1 rings (SSSR count). The molecule has 1 aromatic rings. The van der Waals surface area contributed by atoms with E-state index < -0.39 is 0 Å². The molecule has 0 amide bonds. The van der Waals surface area contributed by atoms with Crippen molar-refractivity contribution in [3.05, 3.63) is 35.4 Å². The lowest BCUT2D eigenvalue weighted by Gasteiger charge is -2.03. The second-order valence-electron chi connectivity index (χ2n) is 13.1. The third-order valence-corrected chi connectivity index (χ3v) is 7.88. The highest BCUT2D eigenvalue weighted by Gasteiger charge is 2.05. The largest absolute Gasteiger partial charge is 0.320 e. The van der Waals surface area contributed by atoms with Crippen LogP contribution in [-0.2, 0) is 10.5 Å². The van der Waals surface area contributed by atoms with Gasteiger partial charge >= 0.3 is 0 Å². The highest BCUT2D eigenvalue weighted by Crippen LogP contribution is 2.14. The molecule has 0 bridgehead atoms. The van der Waals surface area contributed by atoms with Crippen molar-refractivity contribution in [3.63, 3.8) is 0 Å². The van der Waals surface area contributed by atoms with Gasteiger partial charge < -0.3 is 5.32 Å². The Morgan fingerprint density at radius 2 is 0.505 bits per heavy atom. The molecule has 1 aromatic carbocycles. The summed E-state index contributed by atoms with van der Waals surface area (Å²) in [5.74, 6) is 178. The highest BCUT2D eigenvalue weighted by molar-refractivity contribution is 8.12. The lowest BCUT2D eigenvalue weighted by Crippen LogP contribution is -2.10. The first-order chi connectivity index (χ1) is 45.0. The van der Waals surface area contributed by atoms with E-state index >= 15 is 0 Å². The predicted octanol–water partition coefficient (Wildman–Crippen LogP) is 3.41. The van der Waals surface area contributed by atoms with Crippen LogP contribution >= 0.6 is 11.8 Å². The summed E-state index contributed by atoms with van der Waals surface area (Å²) in [4.78, 5) is 22.7. The van der Waals surface area contributed by atoms with Crippen molar-refractivity contribution in [3.8, 4) is 427 Å². The molecule has 0 fully saturated rings. The van der Waals surface area contributed by atoms with Crippen LogP contribution < -0.4 is 5.32 Å². The van der Waals surface area contributed by atoms with Crippen molar-refractivity contribution in [1.29, 1.82) is 0 Å². The molecule has 0 aliphatic carbocycles. The maximum absolute atomic E-state index is 11.8. The number of nitrogens with one attached hydrogen (secondary N) is 1. The molecular weight excluding hydrogens is 1120 g/mol. The molecule has 0 aliphatic rings. The molecule has 0 saturated carbocycles. The number of ketones is 1. The fraction of sp³-hybridized carbons (Fsp3) is 0.0805. The smallest absolute Gasteiger partial charge is 0.186 e. The van der Waals surface area contributed by atoms with Crippen molar-refractivity contribution in [2.75, 3.05) is 13.6 Å². The van der Waals surface area contributed by atoms with Crippen LogP contribution in [0.25, 0.3) is 0 Å². The molecule has 4 heteroatoms. The Balaban J connectivity index is 0.00000382. The topological polar surface area (TPSA) is 46.2 Å². The van der Waals surface area contributed by atoms with Crippen molar-refractivity contribution < 1.29 is 9.59 Å². The van der Waals surface area contributed by atoms with Gasteiger partial charge in [0.1, 0.15) is 0 Å². The predicted molar refractivity (Wildman–Crippen MR) is 363 cm³/mol. The lowest BCUT2D eigenvalue weighted by molar-refractivity contribution is -0.109. The Kier molecular flexibility index (Phi) is 53.3. The number of Topliss-reactive ketones (excluding diaryl/α,β-unsaturated/α-hetero) is 1. The molecule has 394 valence electrons. The molecule has 0 unspecified atom stereocenters. The molecule has 0 aliphatic heterocycles. The van der Waals surface area contributed by atoms with Gasteiger partial charge in [-0.15, -0.1) is 6.42 Å². The number of thioether (sulfide) groups is 1. The standard InChI is InChI=1S/C73H4.C14H19NO2S/c1-3-5-7-9-11-13-15-17-19-21-23-25-27-29-31-33-35-37-39-41-43-45-47-49-51-53-55-57-59-61-63-65-67-69-71-73-72-70-68-66-64-62-60-58-56-54-52-50-48-46-44-42-40-38-36-34-32-30-28-26-24-22-20-18-16-14-12-10-8-6-4-2;1-11(16)18-10-12-5-7-13(8-6-12)14(17)4-3-9-15-2/h1H,2H3;5-8,15H,3-4,9-10H2,1-2H3. The van der Waals surface area contributed by atoms with Crippen LogP contribution in [0.3, 0.4) is 0 Å². The van der Waals surface area contributed by atoms with E-state index in [0.29, 0.717) is 12.2 Å². The van der Waals surface area contributed by atoms with Crippen LogP contribution in [0, 0.1) is 427 Å². The quantitative estimate of drug-likeness (QED) is 0.259. The van der Waals surface area contributed by atoms with Crippen LogP contribution in [0.5, 0.6) is 0 Å². The molecule has 0 spiro atoms. The average Bonchev–Trinajstić information content (AvgIpc) is 3.76. The fourth-order valence-electron chi connectivity index (χ4n) is 3.73. The van der Waals surface area contributed by atoms with Gasteiger partial charge in [-0.3, -0.25) is 9.59 Å². The van der Waals surface area contributed by atoms with E-state index in [-0.39, 0.29) is 10.9 Å². The van der Waals surface area contributed by atoms with Gasteiger partial charge in [0.05, 0.1) is 0 Å². The van der Waals surface area contributed by atoms with Gasteiger partial charge in [0.25, 0.3) is 0 Å². The Morgan fingerprint density at radius 1 is 0.319 bits per heavy atom. The number of carbonyl (C=O) groups is 2. The van der Waals surface area contributed by atoms with E-state index in [9.17, 15) is 9.59 Å². The van der Waals surface area contributed by atoms with Crippen LogP contribution in [0.2, 0.25) is 0 Å². The fourth-order valence-corrected chi connectivity index (χ4v) is 4.30. The Hall–Kier alpha value is -17.0. The lowest BCUT2D eigenvalue weighted by atomic mass is 10.1. The van der Waals surface area contributed by atoms with Crippen molar-refractivity contribution in [2.24, 2.45) is 0 Å². The molecule has 0 aromatic heterocycles. The average molecular weight is 1150 g/mol. The molecule has 3 nitrogen and oxygen atoms in total. The Bertz CT molecular complexity index is 5610. The van der Waals surface area contributed by atoms with Crippen LogP contribution in [0.1, 0.15) is 42.6 Å². The molecule has 91 heavy (non-hydrogen) atoms. The highest BCUT2D eigenvalue weighted by atomic mass is 32.2. The van der Waals surface area contributed by atoms with E-state index in [1.54, 1.807) is 13.8 Å². The molecule has 1 N–H and O–H groups in total. The Labute approximate surface area is 542 Å². The summed E-state index contributed by atoms with van der Waals surface area (Å²) in [5.41, 5.74) is 1.82. The number of benzene rings is 1. The first-order valence-corrected chi connectivity index (χ1v) is 25.3. The Morgan fingerprint density at radius 3 is 0.670 bits per heavy atom. The summed E-state index contributed by atoms with van der Waals surface area (Å²) in [6, 6.07) is 7.53. The number of hydrogen-bond acceptors (Lipinski definition) is 4. The SMILES string of the molecule is C#CC#CC#CC#CC#CC#CC#CC#CC#CC#CC#CC#CC#CC#CC#CC#CC#CC#CC#CC#CC#CC#CC#CC#CC#CC#CC#CC#CC#CC#CC#CC#CC#CC#CC#CC#CC.CNCCCC(=O)c1ccc(CSC(C)=O)cc1. The minimum absolute atomic E-state index is 0.113. The number of carbonyl (C=O) groups excluding carboxylic acids is 2. The zero-order chi connectivity index (χ0) is 65.6. The van der Waals surface area contributed by atoms with Gasteiger partial charge in [0.2, 0.25) is 0 Å². The first-order valence-electron chi connectivity index (χ1n) is 24.3. The summed E-state index contributed by atoms with van der Waals surface area (Å²) in [5, 5.41) is 3.14. The minimum Gasteiger partial charge on any atom is -0.320 e. The van der Waals surface area contributed by atoms with Crippen molar-refractivity contribution in [2.45, 2.75) is 32.4 Å². The van der Waals surface area contributed by atoms with E-state index in [1.165, 1.54) is 11.8 Å².